The van der Waals surface area contributed by atoms with Gasteiger partial charge in [-0.2, -0.15) is 0 Å². The molecule has 1 aromatic carbocycles. The van der Waals surface area contributed by atoms with Gasteiger partial charge in [-0.25, -0.2) is 0 Å². The van der Waals surface area contributed by atoms with E-state index in [1.807, 2.05) is 0 Å². The minimum absolute atomic E-state index is 0.00453. The number of nitrogen functional groups attached to an aromatic ring is 1. The number of rotatable bonds is 5. The van der Waals surface area contributed by atoms with Gasteiger partial charge >= 0.3 is 0 Å². The second-order valence-electron chi connectivity index (χ2n) is 4.77. The Bertz CT molecular complexity index is 425. The standard InChI is InChI=1S/C14H23N3O/c1-5-14(3,6-2)17-12-9-10(13(18)16-4)7-8-11(12)15/h7-9,17H,5-6,15H2,1-4H3,(H,16,18). The molecule has 0 bridgehead atoms. The summed E-state index contributed by atoms with van der Waals surface area (Å²) >= 11 is 0. The van der Waals surface area contributed by atoms with Gasteiger partial charge in [0.05, 0.1) is 11.4 Å². The Morgan fingerprint density at radius 2 is 1.94 bits per heavy atom. The smallest absolute Gasteiger partial charge is 0.251 e. The van der Waals surface area contributed by atoms with Crippen LogP contribution in [0.5, 0.6) is 0 Å². The fourth-order valence-corrected chi connectivity index (χ4v) is 1.70. The summed E-state index contributed by atoms with van der Waals surface area (Å²) in [6, 6.07) is 5.30. The molecule has 0 radical (unpaired) electrons. The number of carbonyl (C=O) groups excluding carboxylic acids is 1. The van der Waals surface area contributed by atoms with Crippen molar-refractivity contribution in [1.29, 1.82) is 0 Å². The first kappa shape index (κ1) is 14.4. The Hall–Kier alpha value is -1.71. The zero-order valence-electron chi connectivity index (χ0n) is 11.6. The zero-order chi connectivity index (χ0) is 13.8. The van der Waals surface area contributed by atoms with Crippen molar-refractivity contribution >= 4 is 17.3 Å². The first-order valence-corrected chi connectivity index (χ1v) is 6.35. The molecule has 4 nitrogen and oxygen atoms in total. The van der Waals surface area contributed by atoms with E-state index >= 15 is 0 Å². The highest BCUT2D eigenvalue weighted by molar-refractivity contribution is 5.96. The lowest BCUT2D eigenvalue weighted by molar-refractivity contribution is 0.0963. The summed E-state index contributed by atoms with van der Waals surface area (Å²) in [5, 5.41) is 6.05. The number of carbonyl (C=O) groups is 1. The molecule has 0 heterocycles. The summed E-state index contributed by atoms with van der Waals surface area (Å²) in [6.07, 6.45) is 1.99. The van der Waals surface area contributed by atoms with Gasteiger partial charge in [-0.05, 0) is 38.0 Å². The van der Waals surface area contributed by atoms with Crippen LogP contribution in [-0.4, -0.2) is 18.5 Å². The van der Waals surface area contributed by atoms with Crippen molar-refractivity contribution in [3.63, 3.8) is 0 Å². The molecule has 0 saturated carbocycles. The number of nitrogens with two attached hydrogens (primary N) is 1. The molecule has 0 spiro atoms. The Morgan fingerprint density at radius 1 is 1.33 bits per heavy atom. The number of hydrogen-bond acceptors (Lipinski definition) is 3. The molecule has 1 aromatic rings. The van der Waals surface area contributed by atoms with E-state index in [1.54, 1.807) is 25.2 Å². The summed E-state index contributed by atoms with van der Waals surface area (Å²) in [7, 11) is 1.62. The van der Waals surface area contributed by atoms with E-state index < -0.39 is 0 Å². The van der Waals surface area contributed by atoms with Gasteiger partial charge in [-0.3, -0.25) is 4.79 Å². The first-order valence-electron chi connectivity index (χ1n) is 6.35. The summed E-state index contributed by atoms with van der Waals surface area (Å²) < 4.78 is 0. The van der Waals surface area contributed by atoms with Crippen molar-refractivity contribution in [2.75, 3.05) is 18.1 Å². The van der Waals surface area contributed by atoms with Crippen LogP contribution in [0.2, 0.25) is 0 Å². The monoisotopic (exact) mass is 249 g/mol. The van der Waals surface area contributed by atoms with Crippen LogP contribution in [0.15, 0.2) is 18.2 Å². The maximum atomic E-state index is 11.6. The third-order valence-electron chi connectivity index (χ3n) is 3.54. The van der Waals surface area contributed by atoms with E-state index in [0.29, 0.717) is 11.3 Å². The highest BCUT2D eigenvalue weighted by atomic mass is 16.1. The summed E-state index contributed by atoms with van der Waals surface area (Å²) in [5.41, 5.74) is 8.05. The minimum atomic E-state index is -0.104. The van der Waals surface area contributed by atoms with Gasteiger partial charge in [0.15, 0.2) is 0 Å². The van der Waals surface area contributed by atoms with E-state index in [2.05, 4.69) is 31.4 Å². The molecule has 18 heavy (non-hydrogen) atoms. The van der Waals surface area contributed by atoms with Crippen LogP contribution in [0.3, 0.4) is 0 Å². The molecule has 4 N–H and O–H groups in total. The molecule has 4 heteroatoms. The molecule has 0 aliphatic carbocycles. The predicted octanol–water partition coefficient (Wildman–Crippen LogP) is 2.62. The Labute approximate surface area is 109 Å². The van der Waals surface area contributed by atoms with Gasteiger partial charge in [-0.15, -0.1) is 0 Å². The summed E-state index contributed by atoms with van der Waals surface area (Å²) in [6.45, 7) is 6.42. The summed E-state index contributed by atoms with van der Waals surface area (Å²) in [4.78, 5) is 11.6. The van der Waals surface area contributed by atoms with E-state index in [1.165, 1.54) is 0 Å². The van der Waals surface area contributed by atoms with E-state index in [9.17, 15) is 4.79 Å². The van der Waals surface area contributed by atoms with Gasteiger partial charge in [-0.1, -0.05) is 13.8 Å². The Balaban J connectivity index is 3.04. The molecule has 0 atom stereocenters. The van der Waals surface area contributed by atoms with Crippen LogP contribution in [0, 0.1) is 0 Å². The van der Waals surface area contributed by atoms with Crippen LogP contribution in [0.4, 0.5) is 11.4 Å². The quantitative estimate of drug-likeness (QED) is 0.703. The summed E-state index contributed by atoms with van der Waals surface area (Å²) in [5.74, 6) is -0.104. The SMILES string of the molecule is CCC(C)(CC)Nc1cc(C(=O)NC)ccc1N. The maximum absolute atomic E-state index is 11.6. The van der Waals surface area contributed by atoms with Gasteiger partial charge < -0.3 is 16.4 Å². The molecule has 0 aliphatic heterocycles. The van der Waals surface area contributed by atoms with Crippen molar-refractivity contribution in [2.24, 2.45) is 0 Å². The van der Waals surface area contributed by atoms with Gasteiger partial charge in [0, 0.05) is 18.2 Å². The third-order valence-corrected chi connectivity index (χ3v) is 3.54. The van der Waals surface area contributed by atoms with Crippen molar-refractivity contribution < 1.29 is 4.79 Å². The van der Waals surface area contributed by atoms with Crippen molar-refractivity contribution in [1.82, 2.24) is 5.32 Å². The van der Waals surface area contributed by atoms with E-state index in [4.69, 9.17) is 5.73 Å². The normalized spacial score (nSPS) is 11.1. The second-order valence-corrected chi connectivity index (χ2v) is 4.77. The maximum Gasteiger partial charge on any atom is 0.251 e. The molecule has 100 valence electrons. The lowest BCUT2D eigenvalue weighted by Gasteiger charge is -2.30. The van der Waals surface area contributed by atoms with Crippen molar-refractivity contribution in [2.45, 2.75) is 39.2 Å². The molecular weight excluding hydrogens is 226 g/mol. The first-order chi connectivity index (χ1) is 8.45. The highest BCUT2D eigenvalue weighted by Crippen LogP contribution is 2.27. The largest absolute Gasteiger partial charge is 0.397 e. The average molecular weight is 249 g/mol. The van der Waals surface area contributed by atoms with Crippen LogP contribution in [0.25, 0.3) is 0 Å². The molecule has 1 rings (SSSR count). The van der Waals surface area contributed by atoms with Crippen LogP contribution in [0.1, 0.15) is 44.0 Å². The zero-order valence-corrected chi connectivity index (χ0v) is 11.6. The molecule has 0 unspecified atom stereocenters. The van der Waals surface area contributed by atoms with E-state index in [-0.39, 0.29) is 11.4 Å². The predicted molar refractivity (Wildman–Crippen MR) is 76.9 cm³/mol. The number of hydrogen-bond donors (Lipinski definition) is 3. The third kappa shape index (κ3) is 3.15. The number of amides is 1. The van der Waals surface area contributed by atoms with Crippen LogP contribution < -0.4 is 16.4 Å². The van der Waals surface area contributed by atoms with Crippen molar-refractivity contribution in [3.05, 3.63) is 23.8 Å². The molecule has 0 aromatic heterocycles. The van der Waals surface area contributed by atoms with Gasteiger partial charge in [0.2, 0.25) is 0 Å². The molecule has 0 saturated heterocycles. The minimum Gasteiger partial charge on any atom is -0.397 e. The van der Waals surface area contributed by atoms with Gasteiger partial charge in [0.1, 0.15) is 0 Å². The lowest BCUT2D eigenvalue weighted by Crippen LogP contribution is -2.33. The Kier molecular flexibility index (Phi) is 4.59. The Morgan fingerprint density at radius 3 is 2.44 bits per heavy atom. The number of benzene rings is 1. The van der Waals surface area contributed by atoms with Crippen LogP contribution >= 0.6 is 0 Å². The van der Waals surface area contributed by atoms with E-state index in [0.717, 1.165) is 18.5 Å². The molecule has 0 fully saturated rings. The molecule has 1 amide bonds. The topological polar surface area (TPSA) is 67.2 Å². The lowest BCUT2D eigenvalue weighted by atomic mass is 9.95. The highest BCUT2D eigenvalue weighted by Gasteiger charge is 2.20. The average Bonchev–Trinajstić information content (AvgIpc) is 2.40. The number of nitrogens with one attached hydrogen (secondary N) is 2. The number of anilines is 2. The second kappa shape index (κ2) is 5.76. The van der Waals surface area contributed by atoms with Gasteiger partial charge in [0.25, 0.3) is 5.91 Å². The molecule has 0 aliphatic rings. The fraction of sp³-hybridized carbons (Fsp3) is 0.500. The fourth-order valence-electron chi connectivity index (χ4n) is 1.70. The molecular formula is C14H23N3O. The van der Waals surface area contributed by atoms with Crippen LogP contribution in [-0.2, 0) is 0 Å². The van der Waals surface area contributed by atoms with Crippen molar-refractivity contribution in [3.8, 4) is 0 Å².